The third kappa shape index (κ3) is 4.34. The number of carbonyl (C=O) groups is 1. The van der Waals surface area contributed by atoms with Gasteiger partial charge in [-0.05, 0) is 56.2 Å². The molecule has 9 heteroatoms. The third-order valence-electron chi connectivity index (χ3n) is 7.27. The van der Waals surface area contributed by atoms with Gasteiger partial charge in [-0.25, -0.2) is 9.18 Å². The number of piperazine rings is 1. The molecule has 2 aliphatic rings. The summed E-state index contributed by atoms with van der Waals surface area (Å²) in [5.74, 6) is 0.923. The van der Waals surface area contributed by atoms with Gasteiger partial charge in [0.05, 0.1) is 18.2 Å². The largest absolute Gasteiger partial charge is 0.383 e. The number of halogens is 1. The monoisotopic (exact) mass is 522 g/mol. The second-order valence-electron chi connectivity index (χ2n) is 9.86. The summed E-state index contributed by atoms with van der Waals surface area (Å²) in [6.45, 7) is 11.2. The molecule has 0 radical (unpaired) electrons. The van der Waals surface area contributed by atoms with Crippen LogP contribution in [0.25, 0.3) is 22.0 Å². The third-order valence-corrected chi connectivity index (χ3v) is 8.50. The normalized spacial score (nSPS) is 21.4. The first-order valence-corrected chi connectivity index (χ1v) is 13.4. The number of aryl methyl sites for hydroxylation is 1. The zero-order chi connectivity index (χ0) is 26.4. The quantitative estimate of drug-likeness (QED) is 0.463. The number of thioether (sulfide) groups is 1. The van der Waals surface area contributed by atoms with Gasteiger partial charge < -0.3 is 14.5 Å². The summed E-state index contributed by atoms with van der Waals surface area (Å²) in [6, 6.07) is 8.28. The van der Waals surface area contributed by atoms with Crippen molar-refractivity contribution in [2.24, 2.45) is 0 Å². The Kier molecular flexibility index (Phi) is 6.85. The summed E-state index contributed by atoms with van der Waals surface area (Å²) >= 11 is 1.70. The van der Waals surface area contributed by atoms with E-state index >= 15 is 0 Å². The van der Waals surface area contributed by atoms with Gasteiger partial charge in [-0.15, -0.1) is 11.8 Å². The van der Waals surface area contributed by atoms with Crippen LogP contribution in [0.4, 0.5) is 10.2 Å². The van der Waals surface area contributed by atoms with E-state index in [0.29, 0.717) is 31.3 Å². The zero-order valence-corrected chi connectivity index (χ0v) is 22.3. The van der Waals surface area contributed by atoms with Gasteiger partial charge in [0.25, 0.3) is 0 Å². The molecule has 1 saturated heterocycles. The molecule has 7 nitrogen and oxygen atoms in total. The molecule has 1 aromatic heterocycles. The van der Waals surface area contributed by atoms with Crippen molar-refractivity contribution >= 4 is 34.4 Å². The first kappa shape index (κ1) is 25.5. The van der Waals surface area contributed by atoms with Crippen molar-refractivity contribution in [1.29, 1.82) is 0 Å². The molecule has 0 N–H and O–H groups in total. The van der Waals surface area contributed by atoms with Gasteiger partial charge in [0, 0.05) is 53.9 Å². The van der Waals surface area contributed by atoms with E-state index in [1.807, 2.05) is 25.7 Å². The lowest BCUT2D eigenvalue weighted by atomic mass is 9.97. The number of hydrogen-bond donors (Lipinski definition) is 0. The first-order valence-electron chi connectivity index (χ1n) is 12.4. The van der Waals surface area contributed by atoms with E-state index in [1.165, 1.54) is 18.2 Å². The van der Waals surface area contributed by atoms with Gasteiger partial charge in [0.1, 0.15) is 11.6 Å². The Morgan fingerprint density at radius 2 is 1.92 bits per heavy atom. The van der Waals surface area contributed by atoms with Crippen molar-refractivity contribution in [2.45, 2.75) is 43.8 Å². The number of anilines is 1. The van der Waals surface area contributed by atoms with E-state index in [-0.39, 0.29) is 35.5 Å². The first-order chi connectivity index (χ1) is 17.7. The van der Waals surface area contributed by atoms with Crippen LogP contribution >= 0.6 is 11.8 Å². The molecule has 0 unspecified atom stereocenters. The van der Waals surface area contributed by atoms with Gasteiger partial charge in [-0.3, -0.25) is 9.36 Å². The second-order valence-corrected chi connectivity index (χ2v) is 10.9. The predicted molar refractivity (Wildman–Crippen MR) is 146 cm³/mol. The summed E-state index contributed by atoms with van der Waals surface area (Å²) in [4.78, 5) is 35.6. The molecule has 0 bridgehead atoms. The summed E-state index contributed by atoms with van der Waals surface area (Å²) in [5.41, 5.74) is 3.46. The Labute approximate surface area is 219 Å². The van der Waals surface area contributed by atoms with Gasteiger partial charge in [-0.2, -0.15) is 4.98 Å². The van der Waals surface area contributed by atoms with Crippen LogP contribution in [0.2, 0.25) is 0 Å². The van der Waals surface area contributed by atoms with Crippen molar-refractivity contribution in [2.75, 3.05) is 37.5 Å². The van der Waals surface area contributed by atoms with E-state index in [9.17, 15) is 14.0 Å². The highest BCUT2D eigenvalue weighted by Crippen LogP contribution is 2.46. The number of carbonyl (C=O) groups excluding carboxylic acids is 1. The SMILES string of the molecule is C=CC(=O)N1[C@H](C)CN(c2nc(=O)n3c4c(c(-c5ccc(F)cc5)c(C)cc24)SC[C@@H]3COC)C[C@@H]1C. The minimum absolute atomic E-state index is 0.0730. The zero-order valence-electron chi connectivity index (χ0n) is 21.5. The molecule has 2 aromatic carbocycles. The smallest absolute Gasteiger partial charge is 0.350 e. The highest BCUT2D eigenvalue weighted by atomic mass is 32.2. The highest BCUT2D eigenvalue weighted by Gasteiger charge is 2.35. The van der Waals surface area contributed by atoms with Gasteiger partial charge in [-0.1, -0.05) is 18.7 Å². The number of hydrogen-bond acceptors (Lipinski definition) is 6. The van der Waals surface area contributed by atoms with E-state index in [0.717, 1.165) is 32.5 Å². The van der Waals surface area contributed by atoms with Crippen LogP contribution in [-0.4, -0.2) is 65.0 Å². The number of ether oxygens (including phenoxy) is 1. The molecule has 0 aliphatic carbocycles. The van der Waals surface area contributed by atoms with Crippen LogP contribution < -0.4 is 10.6 Å². The Morgan fingerprint density at radius 3 is 2.54 bits per heavy atom. The molecule has 37 heavy (non-hydrogen) atoms. The maximum Gasteiger partial charge on any atom is 0.350 e. The molecular formula is C28H31FN4O3S. The number of benzene rings is 2. The molecule has 1 fully saturated rings. The van der Waals surface area contributed by atoms with Crippen molar-refractivity contribution in [3.63, 3.8) is 0 Å². The molecule has 1 amide bonds. The van der Waals surface area contributed by atoms with E-state index < -0.39 is 0 Å². The summed E-state index contributed by atoms with van der Waals surface area (Å²) in [7, 11) is 1.64. The number of aromatic nitrogens is 2. The average molecular weight is 523 g/mol. The fourth-order valence-electron chi connectivity index (χ4n) is 5.79. The maximum absolute atomic E-state index is 13.7. The fraction of sp³-hybridized carbons (Fsp3) is 0.393. The Balaban J connectivity index is 1.73. The van der Waals surface area contributed by atoms with E-state index in [2.05, 4.69) is 22.5 Å². The molecular weight excluding hydrogens is 491 g/mol. The lowest BCUT2D eigenvalue weighted by molar-refractivity contribution is -0.130. The minimum Gasteiger partial charge on any atom is -0.383 e. The van der Waals surface area contributed by atoms with Crippen molar-refractivity contribution in [3.05, 3.63) is 64.9 Å². The maximum atomic E-state index is 13.7. The minimum atomic E-state index is -0.315. The van der Waals surface area contributed by atoms with Crippen LogP contribution in [0.15, 0.2) is 52.7 Å². The Bertz CT molecular complexity index is 1430. The molecule has 3 heterocycles. The Hall–Kier alpha value is -3.17. The predicted octanol–water partition coefficient (Wildman–Crippen LogP) is 4.42. The summed E-state index contributed by atoms with van der Waals surface area (Å²) in [6.07, 6.45) is 1.35. The molecule has 0 spiro atoms. The molecule has 3 atom stereocenters. The van der Waals surface area contributed by atoms with E-state index in [4.69, 9.17) is 4.74 Å². The lowest BCUT2D eigenvalue weighted by Gasteiger charge is -2.45. The fourth-order valence-corrected chi connectivity index (χ4v) is 7.16. The topological polar surface area (TPSA) is 67.7 Å². The van der Waals surface area contributed by atoms with Crippen molar-refractivity contribution < 1.29 is 13.9 Å². The summed E-state index contributed by atoms with van der Waals surface area (Å²) < 4.78 is 20.9. The number of amides is 1. The molecule has 5 rings (SSSR count). The van der Waals surface area contributed by atoms with Gasteiger partial charge in [0.15, 0.2) is 0 Å². The second kappa shape index (κ2) is 9.95. The van der Waals surface area contributed by atoms with Crippen molar-refractivity contribution in [1.82, 2.24) is 14.5 Å². The standard InChI is InChI=1S/C28H31FN4O3S/c1-6-23(34)32-17(3)12-31(13-18(32)4)27-22-11-16(2)24(19-7-9-20(29)10-8-19)26-25(22)33(28(35)30-27)21(14-36-5)15-37-26/h6-11,17-18,21H,1,12-15H2,2-5H3/t17-,18+,21-/m0/s1. The average Bonchev–Trinajstić information content (AvgIpc) is 2.86. The van der Waals surface area contributed by atoms with Crippen molar-refractivity contribution in [3.8, 4) is 11.1 Å². The number of rotatable bonds is 5. The number of nitrogens with zero attached hydrogens (tertiary/aromatic N) is 4. The highest BCUT2D eigenvalue weighted by molar-refractivity contribution is 7.99. The van der Waals surface area contributed by atoms with Gasteiger partial charge in [0.2, 0.25) is 5.91 Å². The molecule has 0 saturated carbocycles. The van der Waals surface area contributed by atoms with Crippen LogP contribution in [0, 0.1) is 12.7 Å². The van der Waals surface area contributed by atoms with E-state index in [1.54, 1.807) is 35.6 Å². The molecule has 2 aliphatic heterocycles. The van der Waals surface area contributed by atoms with Crippen LogP contribution in [0.1, 0.15) is 25.5 Å². The molecule has 194 valence electrons. The lowest BCUT2D eigenvalue weighted by Crippen LogP contribution is -2.58. The Morgan fingerprint density at radius 1 is 1.24 bits per heavy atom. The summed E-state index contributed by atoms with van der Waals surface area (Å²) in [5, 5.41) is 0.897. The van der Waals surface area contributed by atoms with Gasteiger partial charge >= 0.3 is 5.69 Å². The van der Waals surface area contributed by atoms with Crippen LogP contribution in [0.5, 0.6) is 0 Å². The number of methoxy groups -OCH3 is 1. The molecule has 3 aromatic rings. The van der Waals surface area contributed by atoms with Crippen LogP contribution in [-0.2, 0) is 9.53 Å². The van der Waals surface area contributed by atoms with Crippen LogP contribution in [0.3, 0.4) is 0 Å².